The highest BCUT2D eigenvalue weighted by molar-refractivity contribution is 6.12. The van der Waals surface area contributed by atoms with Crippen LogP contribution in [0.5, 0.6) is 0 Å². The van der Waals surface area contributed by atoms with Crippen molar-refractivity contribution in [3.63, 3.8) is 0 Å². The fraction of sp³-hybridized carbons (Fsp3) is 0.286. The van der Waals surface area contributed by atoms with Crippen molar-refractivity contribution in [3.05, 3.63) is 78.0 Å². The molecule has 0 radical (unpaired) electrons. The van der Waals surface area contributed by atoms with Gasteiger partial charge in [0.1, 0.15) is 0 Å². The van der Waals surface area contributed by atoms with E-state index in [1.165, 1.54) is 0 Å². The van der Waals surface area contributed by atoms with Crippen LogP contribution in [0.2, 0.25) is 0 Å². The lowest BCUT2D eigenvalue weighted by Gasteiger charge is -2.22. The van der Waals surface area contributed by atoms with Gasteiger partial charge in [-0.05, 0) is 57.0 Å². The number of carbonyl (C=O) groups excluding carboxylic acids is 2. The van der Waals surface area contributed by atoms with Crippen molar-refractivity contribution in [2.75, 3.05) is 11.9 Å². The van der Waals surface area contributed by atoms with E-state index in [2.05, 4.69) is 15.3 Å². The van der Waals surface area contributed by atoms with Crippen LogP contribution in [0, 0.1) is 0 Å². The molecule has 0 spiro atoms. The van der Waals surface area contributed by atoms with Gasteiger partial charge in [-0.3, -0.25) is 14.5 Å². The Kier molecular flexibility index (Phi) is 6.52. The minimum atomic E-state index is -0.283. The van der Waals surface area contributed by atoms with E-state index in [9.17, 15) is 9.59 Å². The molecule has 1 unspecified atom stereocenters. The number of anilines is 1. The van der Waals surface area contributed by atoms with E-state index in [-0.39, 0.29) is 23.9 Å². The third-order valence-corrected chi connectivity index (χ3v) is 6.63. The molecule has 184 valence electrons. The van der Waals surface area contributed by atoms with Crippen LogP contribution in [-0.2, 0) is 11.3 Å². The molecule has 2 aromatic heterocycles. The summed E-state index contributed by atoms with van der Waals surface area (Å²) in [4.78, 5) is 32.3. The first-order valence-corrected chi connectivity index (χ1v) is 12.3. The summed E-state index contributed by atoms with van der Waals surface area (Å²) in [6.07, 6.45) is 3.45. The molecule has 2 amide bonds. The standard InChI is InChI=1S/C28H30N6O2/c1-18(2)34-27-23(16-30-34)22(15-24(32-27)20-9-4-3-5-10-20)28(36)31-21-11-6-8-19(14-21)17-33-13-7-12-25(33)26(29)35/h3-6,8-11,14-16,18,25H,7,12-13,17H2,1-2H3,(H2,29,35)(H,31,36). The number of hydrogen-bond donors (Lipinski definition) is 2. The number of aromatic nitrogens is 3. The second kappa shape index (κ2) is 9.91. The zero-order valence-electron chi connectivity index (χ0n) is 20.5. The summed E-state index contributed by atoms with van der Waals surface area (Å²) in [5, 5.41) is 8.26. The summed E-state index contributed by atoms with van der Waals surface area (Å²) in [5.41, 5.74) is 10.1. The molecule has 1 aliphatic rings. The first-order chi connectivity index (χ1) is 17.4. The van der Waals surface area contributed by atoms with Crippen molar-refractivity contribution in [2.45, 2.75) is 45.3 Å². The lowest BCUT2D eigenvalue weighted by atomic mass is 10.1. The first-order valence-electron chi connectivity index (χ1n) is 12.3. The van der Waals surface area contributed by atoms with Gasteiger partial charge in [0.15, 0.2) is 5.65 Å². The third kappa shape index (κ3) is 4.72. The maximum atomic E-state index is 13.5. The van der Waals surface area contributed by atoms with E-state index in [0.29, 0.717) is 28.8 Å². The molecule has 2 aromatic carbocycles. The predicted octanol–water partition coefficient (Wildman–Crippen LogP) is 4.38. The molecule has 36 heavy (non-hydrogen) atoms. The van der Waals surface area contributed by atoms with Crippen LogP contribution in [-0.4, -0.2) is 44.1 Å². The van der Waals surface area contributed by atoms with Gasteiger partial charge in [-0.1, -0.05) is 42.5 Å². The van der Waals surface area contributed by atoms with E-state index >= 15 is 0 Å². The molecule has 0 aliphatic carbocycles. The van der Waals surface area contributed by atoms with Crippen LogP contribution in [0.25, 0.3) is 22.3 Å². The molecule has 4 aromatic rings. The lowest BCUT2D eigenvalue weighted by molar-refractivity contribution is -0.122. The maximum Gasteiger partial charge on any atom is 0.256 e. The topological polar surface area (TPSA) is 106 Å². The second-order valence-corrected chi connectivity index (χ2v) is 9.53. The molecule has 8 nitrogen and oxygen atoms in total. The van der Waals surface area contributed by atoms with Crippen LogP contribution >= 0.6 is 0 Å². The molecular formula is C28H30N6O2. The Balaban J connectivity index is 1.45. The van der Waals surface area contributed by atoms with Gasteiger partial charge in [0.25, 0.3) is 5.91 Å². The Labute approximate surface area is 210 Å². The smallest absolute Gasteiger partial charge is 0.256 e. The van der Waals surface area contributed by atoms with E-state index in [0.717, 1.165) is 36.2 Å². The second-order valence-electron chi connectivity index (χ2n) is 9.53. The van der Waals surface area contributed by atoms with Gasteiger partial charge in [-0.15, -0.1) is 0 Å². The fourth-order valence-corrected chi connectivity index (χ4v) is 4.86. The van der Waals surface area contributed by atoms with Crippen molar-refractivity contribution >= 4 is 28.5 Å². The molecule has 1 saturated heterocycles. The first kappa shape index (κ1) is 23.7. The van der Waals surface area contributed by atoms with Crippen molar-refractivity contribution in [2.24, 2.45) is 5.73 Å². The molecule has 0 bridgehead atoms. The summed E-state index contributed by atoms with van der Waals surface area (Å²) < 4.78 is 1.84. The van der Waals surface area contributed by atoms with Gasteiger partial charge < -0.3 is 11.1 Å². The molecule has 3 N–H and O–H groups in total. The number of carbonyl (C=O) groups is 2. The minimum absolute atomic E-state index is 0.100. The molecule has 5 rings (SSSR count). The maximum absolute atomic E-state index is 13.5. The van der Waals surface area contributed by atoms with Crippen LogP contribution in [0.15, 0.2) is 66.9 Å². The summed E-state index contributed by atoms with van der Waals surface area (Å²) in [6.45, 7) is 5.52. The predicted molar refractivity (Wildman–Crippen MR) is 140 cm³/mol. The lowest BCUT2D eigenvalue weighted by Crippen LogP contribution is -2.39. The van der Waals surface area contributed by atoms with E-state index in [4.69, 9.17) is 10.7 Å². The van der Waals surface area contributed by atoms with Crippen LogP contribution in [0.3, 0.4) is 0 Å². The number of nitrogens with two attached hydrogens (primary N) is 1. The minimum Gasteiger partial charge on any atom is -0.368 e. The zero-order valence-corrected chi connectivity index (χ0v) is 20.5. The van der Waals surface area contributed by atoms with Gasteiger partial charge in [0.05, 0.1) is 28.9 Å². The number of hydrogen-bond acceptors (Lipinski definition) is 5. The Morgan fingerprint density at radius 3 is 2.67 bits per heavy atom. The average molecular weight is 483 g/mol. The number of pyridine rings is 1. The number of rotatable bonds is 7. The van der Waals surface area contributed by atoms with Crippen LogP contribution < -0.4 is 11.1 Å². The summed E-state index contributed by atoms with van der Waals surface area (Å²) >= 11 is 0. The van der Waals surface area contributed by atoms with E-state index in [1.807, 2.05) is 79.2 Å². The van der Waals surface area contributed by atoms with E-state index in [1.54, 1.807) is 6.20 Å². The van der Waals surface area contributed by atoms with Crippen molar-refractivity contribution < 1.29 is 9.59 Å². The third-order valence-electron chi connectivity index (χ3n) is 6.63. The normalized spacial score (nSPS) is 16.0. The fourth-order valence-electron chi connectivity index (χ4n) is 4.86. The molecule has 1 atom stereocenters. The van der Waals surface area contributed by atoms with Crippen molar-refractivity contribution in [1.29, 1.82) is 0 Å². The Hall–Kier alpha value is -4.04. The number of benzene rings is 2. The number of nitrogens with zero attached hydrogens (tertiary/aromatic N) is 4. The number of fused-ring (bicyclic) bond motifs is 1. The number of amides is 2. The van der Waals surface area contributed by atoms with Gasteiger partial charge >= 0.3 is 0 Å². The molecule has 0 saturated carbocycles. The van der Waals surface area contributed by atoms with Crippen LogP contribution in [0.1, 0.15) is 48.7 Å². The number of likely N-dealkylation sites (tertiary alicyclic amines) is 1. The highest BCUT2D eigenvalue weighted by Crippen LogP contribution is 2.27. The molecular weight excluding hydrogens is 452 g/mol. The van der Waals surface area contributed by atoms with Crippen LogP contribution in [0.4, 0.5) is 5.69 Å². The van der Waals surface area contributed by atoms with Gasteiger partial charge in [0, 0.05) is 23.8 Å². The van der Waals surface area contributed by atoms with Crippen molar-refractivity contribution in [3.8, 4) is 11.3 Å². The number of nitrogens with one attached hydrogen (secondary N) is 1. The molecule has 8 heteroatoms. The molecule has 1 fully saturated rings. The van der Waals surface area contributed by atoms with Gasteiger partial charge in [-0.25, -0.2) is 9.67 Å². The van der Waals surface area contributed by atoms with Gasteiger partial charge in [-0.2, -0.15) is 5.10 Å². The largest absolute Gasteiger partial charge is 0.368 e. The monoisotopic (exact) mass is 482 g/mol. The Morgan fingerprint density at radius 2 is 1.92 bits per heavy atom. The van der Waals surface area contributed by atoms with Gasteiger partial charge in [0.2, 0.25) is 5.91 Å². The average Bonchev–Trinajstić information content (AvgIpc) is 3.51. The SMILES string of the molecule is CC(C)n1ncc2c(C(=O)Nc3cccc(CN4CCCC4C(N)=O)c3)cc(-c3ccccc3)nc21. The molecule has 3 heterocycles. The molecule has 1 aliphatic heterocycles. The summed E-state index contributed by atoms with van der Waals surface area (Å²) in [6, 6.07) is 19.2. The van der Waals surface area contributed by atoms with Crippen molar-refractivity contribution in [1.82, 2.24) is 19.7 Å². The highest BCUT2D eigenvalue weighted by Gasteiger charge is 2.28. The number of primary amides is 1. The Bertz CT molecular complexity index is 1410. The summed E-state index contributed by atoms with van der Waals surface area (Å²) in [7, 11) is 0. The highest BCUT2D eigenvalue weighted by atomic mass is 16.2. The summed E-state index contributed by atoms with van der Waals surface area (Å²) in [5.74, 6) is -0.508. The Morgan fingerprint density at radius 1 is 1.11 bits per heavy atom. The zero-order chi connectivity index (χ0) is 25.2. The quantitative estimate of drug-likeness (QED) is 0.407. The van der Waals surface area contributed by atoms with E-state index < -0.39 is 0 Å².